The second-order valence-electron chi connectivity index (χ2n) is 31.3. The van der Waals surface area contributed by atoms with Crippen LogP contribution < -0.4 is 77.4 Å². The molecule has 21 amide bonds. The van der Waals surface area contributed by atoms with E-state index in [2.05, 4.69) is 16.0 Å². The fourth-order valence-corrected chi connectivity index (χ4v) is 15.7. The Labute approximate surface area is 824 Å². The van der Waals surface area contributed by atoms with Crippen LogP contribution in [0.15, 0.2) is 84.7 Å². The number of fused-ring (bicyclic) bond motifs is 7. The zero-order valence-electron chi connectivity index (χ0n) is 98.7. The van der Waals surface area contributed by atoms with Gasteiger partial charge >= 0.3 is 0 Å². The Hall–Kier alpha value is -17.1. The molecule has 728 valence electrons. The minimum Gasteiger partial charge on any atom is -0.398 e. The SMILES string of the molecule is Nc1cc(F)cc2c1CN(C1CCC(=O)NC1=O)C2=O.[2H]C1([2H])c2c(N)cc(F)cc2C(=O)N1C1C(=O)NC(=O)C([2H])([2H])C1([2H])[2H].[2H]C1([2H])c2c(N)cc(F)cc2C(=O)N1C1CCC(=O)NC1=O.[2H]c1c(N)c2c(c([2H])c1F)C(=O)N(C1C(=O)NC(=O)C([2H])([2H])C1([2H])[2H])C2.[2H]c1c(N)c2c(c([2H])c1F)C(=O)N(C1C(=O)NC(=O)C([2H])([2H])C1([2H])[2H])C2([2H])[2H].[2H]c1c(N)c2c(c([2H])c1F)C(=O)N(C1CCC(=O)NC1=O)C2.[2H]c1c(N)c2c(c([2H])c1F)C(=O)N(C1CCC(=O)NC1=O)C2([2H])[2H]. The fourth-order valence-electron chi connectivity index (χ4n) is 15.7. The molecule has 0 saturated carbocycles. The van der Waals surface area contributed by atoms with E-state index in [9.17, 15) is 131 Å². The number of piperidine rings is 7. The second-order valence-corrected chi connectivity index (χ2v) is 31.3. The van der Waals surface area contributed by atoms with Crippen molar-refractivity contribution in [2.45, 2.75) is 178 Å². The highest BCUT2D eigenvalue weighted by molar-refractivity contribution is 6.13. The lowest BCUT2D eigenvalue weighted by molar-refractivity contribution is -0.138. The summed E-state index contributed by atoms with van der Waals surface area (Å²) in [6.45, 7) is -11.3. The Morgan fingerprint density at radius 1 is 0.236 bits per heavy atom. The van der Waals surface area contributed by atoms with Crippen LogP contribution in [0.1, 0.15) is 239 Å². The first-order valence-electron chi connectivity index (χ1n) is 54.6. The van der Waals surface area contributed by atoms with Gasteiger partial charge in [0.15, 0.2) is 0 Å². The molecule has 21 N–H and O–H groups in total. The molecule has 21 rings (SSSR count). The van der Waals surface area contributed by atoms with Crippen molar-refractivity contribution in [3.05, 3.63) is 203 Å². The normalized spacial score (nSPS) is 28.5. The molecule has 14 aliphatic rings. The number of carbonyl (C=O) groups is 21. The first-order valence-corrected chi connectivity index (χ1v) is 40.6. The number of halogens is 7. The topological polar surface area (TPSA) is 648 Å². The molecule has 42 nitrogen and oxygen atoms in total. The highest BCUT2D eigenvalue weighted by Gasteiger charge is 2.49. The van der Waals surface area contributed by atoms with Crippen LogP contribution in [0.5, 0.6) is 0 Å². The molecule has 7 aromatic rings. The van der Waals surface area contributed by atoms with Gasteiger partial charge in [-0.2, -0.15) is 0 Å². The van der Waals surface area contributed by atoms with Gasteiger partial charge in [-0.25, -0.2) is 30.7 Å². The predicted octanol–water partition coefficient (Wildman–Crippen LogP) is 1.18. The van der Waals surface area contributed by atoms with Crippen LogP contribution in [-0.2, 0) is 113 Å². The molecule has 49 heteroatoms. The molecule has 7 saturated heterocycles. The average Bonchev–Trinajstić information content (AvgIpc) is 1.52. The second kappa shape index (κ2) is 39.0. The van der Waals surface area contributed by atoms with Crippen LogP contribution in [0.4, 0.5) is 70.5 Å². The summed E-state index contributed by atoms with van der Waals surface area (Å²) in [5.41, 5.74) is 32.9. The minimum absolute atomic E-state index is 0.00352. The maximum Gasteiger partial charge on any atom is 0.255 e. The van der Waals surface area contributed by atoms with E-state index in [-0.39, 0.29) is 131 Å². The van der Waals surface area contributed by atoms with Crippen LogP contribution >= 0.6 is 0 Å². The van der Waals surface area contributed by atoms with E-state index in [1.165, 1.54) is 9.80 Å². The van der Waals surface area contributed by atoms with Crippen molar-refractivity contribution in [3.63, 3.8) is 0 Å². The summed E-state index contributed by atoms with van der Waals surface area (Å²) in [5, 5.41) is 13.3. The molecule has 0 bridgehead atoms. The van der Waals surface area contributed by atoms with Gasteiger partial charge in [0.1, 0.15) is 83.0 Å². The number of nitrogen functional groups attached to an aromatic ring is 7. The van der Waals surface area contributed by atoms with E-state index >= 15 is 0 Å². The molecule has 0 radical (unpaired) electrons. The molecule has 140 heavy (non-hydrogen) atoms. The summed E-state index contributed by atoms with van der Waals surface area (Å²) in [4.78, 5) is 256. The van der Waals surface area contributed by atoms with E-state index < -0.39 is 382 Å². The lowest BCUT2D eigenvalue weighted by Crippen LogP contribution is -2.52. The number of rotatable bonds is 7. The molecular formula is C91H84F7N21O21. The maximum absolute atomic E-state index is 14.0. The summed E-state index contributed by atoms with van der Waals surface area (Å²) in [6, 6.07) is -12.4. The first-order chi connectivity index (χ1) is 77.3. The molecule has 14 aliphatic heterocycles. The quantitative estimate of drug-likeness (QED) is 0.0605. The van der Waals surface area contributed by atoms with Crippen molar-refractivity contribution in [2.75, 3.05) is 40.1 Å². The Bertz CT molecular complexity index is 8260. The number of anilines is 7. The molecule has 7 atom stereocenters. The van der Waals surface area contributed by atoms with Crippen LogP contribution in [-0.4, -0.2) is 201 Å². The van der Waals surface area contributed by atoms with E-state index in [1.54, 1.807) is 16.0 Å². The van der Waals surface area contributed by atoms with Gasteiger partial charge < -0.3 is 74.4 Å². The molecule has 14 heterocycles. The van der Waals surface area contributed by atoms with Crippen LogP contribution in [0.2, 0.25) is 0 Å². The van der Waals surface area contributed by atoms with Gasteiger partial charge in [-0.05, 0) is 130 Å². The Morgan fingerprint density at radius 2 is 0.429 bits per heavy atom. The standard InChI is InChI=1S/7C13H12FN3O3/c7*14-6-3-7-8(9(15)4-6)5-17(13(7)20)10-1-2-11(18)16-12(10)19/h7*3-4,10H,1-2,5,15H2,(H,16,18,19)/i1D2,2D2,3D,4D,5D2;1D2,2D2,3D,4D;3D,4D,5D2;1D2,2D2,5D2;3D,4D;5D2;. The van der Waals surface area contributed by atoms with Crippen molar-refractivity contribution in [1.82, 2.24) is 71.5 Å². The third kappa shape index (κ3) is 19.6. The van der Waals surface area contributed by atoms with Crippen LogP contribution in [0.3, 0.4) is 0 Å². The number of carbonyl (C=O) groups excluding carboxylic acids is 21. The number of amides is 21. The summed E-state index contributed by atoms with van der Waals surface area (Å²) in [5.74, 6) is -27.7. The summed E-state index contributed by atoms with van der Waals surface area (Å²) in [7, 11) is 0. The van der Waals surface area contributed by atoms with E-state index in [0.717, 1.165) is 35.2 Å². The van der Waals surface area contributed by atoms with Gasteiger partial charge in [0.05, 0.1) is 21.9 Å². The number of nitrogens with zero attached hydrogens (tertiary/aromatic N) is 7. The Morgan fingerprint density at radius 3 is 0.721 bits per heavy atom. The molecular weight excluding hydrogens is 1860 g/mol. The number of hydrogen-bond acceptors (Lipinski definition) is 28. The fraction of sp³-hybridized carbons (Fsp3) is 0.308. The van der Waals surface area contributed by atoms with E-state index in [4.69, 9.17) is 78.5 Å². The van der Waals surface area contributed by atoms with Gasteiger partial charge in [-0.3, -0.25) is 138 Å². The number of benzene rings is 7. The Balaban J connectivity index is 0.000000144. The Kier molecular flexibility index (Phi) is 18.7. The van der Waals surface area contributed by atoms with Crippen molar-refractivity contribution in [1.29, 1.82) is 0 Å². The van der Waals surface area contributed by atoms with Gasteiger partial charge in [0.25, 0.3) is 41.4 Å². The van der Waals surface area contributed by atoms with Gasteiger partial charge in [0, 0.05) is 225 Å². The van der Waals surface area contributed by atoms with Crippen LogP contribution in [0, 0.1) is 40.7 Å². The molecule has 7 fully saturated rings. The summed E-state index contributed by atoms with van der Waals surface area (Å²) >= 11 is 0. The highest BCUT2D eigenvalue weighted by Crippen LogP contribution is 2.40. The molecule has 0 aromatic heterocycles. The van der Waals surface area contributed by atoms with Crippen molar-refractivity contribution >= 4 is 164 Å². The van der Waals surface area contributed by atoms with E-state index in [0.29, 0.717) is 21.4 Å². The zero-order chi connectivity index (χ0) is 126. The largest absolute Gasteiger partial charge is 0.398 e. The lowest BCUT2D eigenvalue weighted by Gasteiger charge is -2.29. The monoisotopic (exact) mass is 1970 g/mol. The average molecular weight is 1970 g/mol. The zero-order valence-corrected chi connectivity index (χ0v) is 70.7. The van der Waals surface area contributed by atoms with Crippen molar-refractivity contribution < 1.29 is 170 Å². The minimum atomic E-state index is -3.38. The lowest BCUT2D eigenvalue weighted by atomic mass is 10.0. The number of nitrogens with two attached hydrogens (primary N) is 7. The first kappa shape index (κ1) is 67.2. The van der Waals surface area contributed by atoms with E-state index in [1.807, 2.05) is 5.32 Å². The molecule has 7 unspecified atom stereocenters. The smallest absolute Gasteiger partial charge is 0.255 e. The molecule has 0 spiro atoms. The number of nitrogens with one attached hydrogen (secondary N) is 7. The third-order valence-corrected chi connectivity index (χ3v) is 22.3. The summed E-state index contributed by atoms with van der Waals surface area (Å²) < 4.78 is 316. The van der Waals surface area contributed by atoms with Crippen molar-refractivity contribution in [2.24, 2.45) is 0 Å². The molecule has 7 aromatic carbocycles. The van der Waals surface area contributed by atoms with Crippen LogP contribution in [0.25, 0.3) is 0 Å². The predicted molar refractivity (Wildman–Crippen MR) is 468 cm³/mol. The van der Waals surface area contributed by atoms with Gasteiger partial charge in [-0.15, -0.1) is 0 Å². The summed E-state index contributed by atoms with van der Waals surface area (Å²) in [6.07, 6.45) is -18.9. The number of imide groups is 7. The highest BCUT2D eigenvalue weighted by atomic mass is 19.2. The molecule has 0 aliphatic carbocycles. The van der Waals surface area contributed by atoms with Crippen molar-refractivity contribution in [3.8, 4) is 0 Å². The number of hydrogen-bond donors (Lipinski definition) is 14. The van der Waals surface area contributed by atoms with Gasteiger partial charge in [-0.1, -0.05) is 0 Å². The van der Waals surface area contributed by atoms with Gasteiger partial charge in [0.2, 0.25) is 82.7 Å². The third-order valence-electron chi connectivity index (χ3n) is 22.3. The maximum atomic E-state index is 14.0.